The molecule has 104 valence electrons. The van der Waals surface area contributed by atoms with Gasteiger partial charge in [0.05, 0.1) is 22.9 Å². The van der Waals surface area contributed by atoms with Crippen molar-refractivity contribution in [1.82, 2.24) is 15.5 Å². The fourth-order valence-corrected chi connectivity index (χ4v) is 1.61. The van der Waals surface area contributed by atoms with Crippen molar-refractivity contribution in [3.05, 3.63) is 23.0 Å². The molecule has 0 spiro atoms. The Bertz CT molecular complexity index is 474. The Balaban J connectivity index is 2.43. The highest BCUT2D eigenvalue weighted by atomic mass is 16.4. The number of aryl methyl sites for hydroxylation is 2. The molecule has 2 N–H and O–H groups in total. The van der Waals surface area contributed by atoms with Gasteiger partial charge in [-0.25, -0.2) is 0 Å². The first-order chi connectivity index (χ1) is 8.91. The summed E-state index contributed by atoms with van der Waals surface area (Å²) in [5, 5.41) is 19.3. The van der Waals surface area contributed by atoms with E-state index in [4.69, 9.17) is 5.11 Å². The molecule has 0 aromatic carbocycles. The summed E-state index contributed by atoms with van der Waals surface area (Å²) in [5.41, 5.74) is 1.79. The number of hydrogen-bond acceptors (Lipinski definition) is 4. The van der Waals surface area contributed by atoms with Gasteiger partial charge in [0.2, 0.25) is 0 Å². The number of nitrogens with zero attached hydrogens (tertiary/aromatic N) is 2. The minimum atomic E-state index is -0.809. The smallest absolute Gasteiger partial charge is 0.306 e. The van der Waals surface area contributed by atoms with Gasteiger partial charge in [0, 0.05) is 6.54 Å². The third kappa shape index (κ3) is 4.65. The lowest BCUT2D eigenvalue weighted by atomic mass is 10.1. The van der Waals surface area contributed by atoms with Crippen LogP contribution in [0.2, 0.25) is 0 Å². The van der Waals surface area contributed by atoms with Gasteiger partial charge in [-0.1, -0.05) is 6.92 Å². The number of amides is 1. The lowest BCUT2D eigenvalue weighted by Crippen LogP contribution is -2.26. The molecule has 0 saturated heterocycles. The number of nitrogens with one attached hydrogen (secondary N) is 1. The summed E-state index contributed by atoms with van der Waals surface area (Å²) < 4.78 is 0. The summed E-state index contributed by atoms with van der Waals surface area (Å²) >= 11 is 0. The van der Waals surface area contributed by atoms with Crippen molar-refractivity contribution in [2.24, 2.45) is 5.92 Å². The Morgan fingerprint density at radius 1 is 1.37 bits per heavy atom. The van der Waals surface area contributed by atoms with Crippen LogP contribution >= 0.6 is 0 Å². The number of hydrogen-bond donors (Lipinski definition) is 2. The van der Waals surface area contributed by atoms with Gasteiger partial charge in [0.1, 0.15) is 0 Å². The van der Waals surface area contributed by atoms with Crippen LogP contribution in [-0.2, 0) is 4.79 Å². The molecule has 0 aliphatic carbocycles. The van der Waals surface area contributed by atoms with Crippen LogP contribution in [0.25, 0.3) is 0 Å². The van der Waals surface area contributed by atoms with Crippen LogP contribution in [0.5, 0.6) is 0 Å². The van der Waals surface area contributed by atoms with Gasteiger partial charge in [-0.15, -0.1) is 0 Å². The quantitative estimate of drug-likeness (QED) is 0.757. The van der Waals surface area contributed by atoms with Gasteiger partial charge in [-0.3, -0.25) is 9.59 Å². The lowest BCUT2D eigenvalue weighted by Gasteiger charge is -2.08. The molecular weight excluding hydrogens is 246 g/mol. The van der Waals surface area contributed by atoms with E-state index in [9.17, 15) is 9.59 Å². The molecule has 0 aliphatic rings. The molecule has 19 heavy (non-hydrogen) atoms. The van der Waals surface area contributed by atoms with Crippen LogP contribution in [0.1, 0.15) is 41.5 Å². The van der Waals surface area contributed by atoms with E-state index in [0.717, 1.165) is 0 Å². The number of carboxylic acids is 1. The van der Waals surface area contributed by atoms with Crippen molar-refractivity contribution in [3.63, 3.8) is 0 Å². The van der Waals surface area contributed by atoms with Gasteiger partial charge in [0.25, 0.3) is 5.91 Å². The summed E-state index contributed by atoms with van der Waals surface area (Å²) in [4.78, 5) is 22.5. The Kier molecular flexibility index (Phi) is 5.41. The van der Waals surface area contributed by atoms with Crippen LogP contribution < -0.4 is 5.32 Å². The zero-order valence-corrected chi connectivity index (χ0v) is 11.4. The fraction of sp³-hybridized carbons (Fsp3) is 0.538. The molecule has 1 atom stereocenters. The third-order valence-corrected chi connectivity index (χ3v) is 2.87. The van der Waals surface area contributed by atoms with Gasteiger partial charge < -0.3 is 10.4 Å². The Hall–Kier alpha value is -1.98. The average Bonchev–Trinajstić information content (AvgIpc) is 2.36. The maximum absolute atomic E-state index is 11.9. The molecule has 1 rings (SSSR count). The molecule has 1 aromatic rings. The van der Waals surface area contributed by atoms with Crippen molar-refractivity contribution < 1.29 is 14.7 Å². The van der Waals surface area contributed by atoms with Gasteiger partial charge in [0.15, 0.2) is 0 Å². The van der Waals surface area contributed by atoms with Gasteiger partial charge in [-0.2, -0.15) is 10.2 Å². The molecule has 0 saturated carbocycles. The van der Waals surface area contributed by atoms with E-state index >= 15 is 0 Å². The molecule has 1 amide bonds. The second kappa shape index (κ2) is 6.82. The van der Waals surface area contributed by atoms with Crippen molar-refractivity contribution in [1.29, 1.82) is 0 Å². The van der Waals surface area contributed by atoms with E-state index in [0.29, 0.717) is 36.3 Å². The number of carbonyl (C=O) groups is 2. The number of aliphatic carboxylic acids is 1. The average molecular weight is 265 g/mol. The molecule has 0 bridgehead atoms. The third-order valence-electron chi connectivity index (χ3n) is 2.87. The Morgan fingerprint density at radius 2 is 2.05 bits per heavy atom. The van der Waals surface area contributed by atoms with Crippen LogP contribution in [-0.4, -0.2) is 33.7 Å². The van der Waals surface area contributed by atoms with Crippen molar-refractivity contribution in [2.45, 2.75) is 33.6 Å². The van der Waals surface area contributed by atoms with Crippen molar-refractivity contribution in [3.8, 4) is 0 Å². The van der Waals surface area contributed by atoms with Crippen molar-refractivity contribution in [2.75, 3.05) is 6.54 Å². The van der Waals surface area contributed by atoms with Gasteiger partial charge >= 0.3 is 5.97 Å². The summed E-state index contributed by atoms with van der Waals surface area (Å²) in [7, 11) is 0. The minimum Gasteiger partial charge on any atom is -0.481 e. The van der Waals surface area contributed by atoms with E-state index < -0.39 is 5.97 Å². The van der Waals surface area contributed by atoms with Gasteiger partial charge in [-0.05, 0) is 32.8 Å². The second-order valence-corrected chi connectivity index (χ2v) is 4.62. The minimum absolute atomic E-state index is 0.196. The molecule has 6 nitrogen and oxygen atoms in total. The standard InChI is InChI=1S/C13H19N3O3/c1-8(13(18)19)5-4-6-14-12(17)11-7-9(2)15-16-10(11)3/h7-8H,4-6H2,1-3H3,(H,14,17)(H,18,19). The highest BCUT2D eigenvalue weighted by Crippen LogP contribution is 2.07. The van der Waals surface area contributed by atoms with E-state index in [2.05, 4.69) is 15.5 Å². The molecule has 0 aliphatic heterocycles. The SMILES string of the molecule is Cc1cc(C(=O)NCCCC(C)C(=O)O)c(C)nn1. The van der Waals surface area contributed by atoms with E-state index in [1.54, 1.807) is 26.8 Å². The summed E-state index contributed by atoms with van der Waals surface area (Å²) in [6.45, 7) is 5.62. The number of carboxylic acid groups (broad SMARTS) is 1. The maximum atomic E-state index is 11.9. The first kappa shape index (κ1) is 15.1. The predicted octanol–water partition coefficient (Wildman–Crippen LogP) is 1.32. The second-order valence-electron chi connectivity index (χ2n) is 4.62. The highest BCUT2D eigenvalue weighted by Gasteiger charge is 2.12. The summed E-state index contributed by atoms with van der Waals surface area (Å²) in [6, 6.07) is 1.69. The van der Waals surface area contributed by atoms with Crippen LogP contribution in [0.3, 0.4) is 0 Å². The maximum Gasteiger partial charge on any atom is 0.306 e. The lowest BCUT2D eigenvalue weighted by molar-refractivity contribution is -0.141. The van der Waals surface area contributed by atoms with Crippen LogP contribution in [0, 0.1) is 19.8 Å². The number of aromatic nitrogens is 2. The molecule has 0 radical (unpaired) electrons. The number of rotatable bonds is 6. The summed E-state index contributed by atoms with van der Waals surface area (Å²) in [5.74, 6) is -1.39. The molecule has 1 aromatic heterocycles. The highest BCUT2D eigenvalue weighted by molar-refractivity contribution is 5.95. The number of carbonyl (C=O) groups excluding carboxylic acids is 1. The monoisotopic (exact) mass is 265 g/mol. The largest absolute Gasteiger partial charge is 0.481 e. The molecule has 1 heterocycles. The van der Waals surface area contributed by atoms with Crippen LogP contribution in [0.15, 0.2) is 6.07 Å². The normalized spacial score (nSPS) is 11.9. The fourth-order valence-electron chi connectivity index (χ4n) is 1.61. The molecule has 1 unspecified atom stereocenters. The Labute approximate surface area is 112 Å². The predicted molar refractivity (Wildman–Crippen MR) is 69.9 cm³/mol. The first-order valence-electron chi connectivity index (χ1n) is 6.23. The van der Waals surface area contributed by atoms with Crippen molar-refractivity contribution >= 4 is 11.9 Å². The van der Waals surface area contributed by atoms with E-state index in [1.165, 1.54) is 0 Å². The molecule has 6 heteroatoms. The Morgan fingerprint density at radius 3 is 2.68 bits per heavy atom. The zero-order valence-electron chi connectivity index (χ0n) is 11.4. The summed E-state index contributed by atoms with van der Waals surface area (Å²) in [6.07, 6.45) is 1.18. The first-order valence-corrected chi connectivity index (χ1v) is 6.23. The van der Waals surface area contributed by atoms with Crippen LogP contribution in [0.4, 0.5) is 0 Å². The zero-order chi connectivity index (χ0) is 14.4. The van der Waals surface area contributed by atoms with E-state index in [1.807, 2.05) is 0 Å². The molecule has 0 fully saturated rings. The van der Waals surface area contributed by atoms with E-state index in [-0.39, 0.29) is 11.8 Å². The molecular formula is C13H19N3O3. The topological polar surface area (TPSA) is 92.2 Å².